The second kappa shape index (κ2) is 5.29. The van der Waals surface area contributed by atoms with Crippen LogP contribution in [0, 0.1) is 11.3 Å². The predicted octanol–water partition coefficient (Wildman–Crippen LogP) is 4.02. The molecule has 1 unspecified atom stereocenters. The van der Waals surface area contributed by atoms with Crippen molar-refractivity contribution in [3.05, 3.63) is 23.8 Å². The SMILES string of the molecule is CC1/C=C(C(C)(C)C)\C=C/CN=CCC1. The van der Waals surface area contributed by atoms with E-state index in [0.29, 0.717) is 5.92 Å². The Morgan fingerprint density at radius 1 is 1.33 bits per heavy atom. The first-order chi connectivity index (χ1) is 7.00. The quantitative estimate of drug-likeness (QED) is 0.566. The minimum absolute atomic E-state index is 0.244. The molecular formula is C14H23N. The van der Waals surface area contributed by atoms with Crippen molar-refractivity contribution < 1.29 is 0 Å². The van der Waals surface area contributed by atoms with Gasteiger partial charge in [0.15, 0.2) is 0 Å². The van der Waals surface area contributed by atoms with Crippen LogP contribution in [0.5, 0.6) is 0 Å². The van der Waals surface area contributed by atoms with Crippen molar-refractivity contribution in [2.45, 2.75) is 40.5 Å². The molecular weight excluding hydrogens is 182 g/mol. The molecule has 0 saturated carbocycles. The predicted molar refractivity (Wildman–Crippen MR) is 68.4 cm³/mol. The van der Waals surface area contributed by atoms with Gasteiger partial charge in [-0.05, 0) is 36.0 Å². The molecule has 1 rings (SSSR count). The number of nitrogens with zero attached hydrogens (tertiary/aromatic N) is 1. The standard InChI is InChI=1S/C14H23N/c1-12-7-5-9-15-10-6-8-13(11-12)14(2,3)4/h6,8-9,11-12H,5,7,10H2,1-4H3/b8-6-,13-11+,15-9?. The number of hydrogen-bond acceptors (Lipinski definition) is 1. The molecule has 0 aliphatic carbocycles. The molecule has 0 aromatic carbocycles. The highest BCUT2D eigenvalue weighted by Crippen LogP contribution is 2.28. The highest BCUT2D eigenvalue weighted by molar-refractivity contribution is 5.57. The van der Waals surface area contributed by atoms with E-state index in [-0.39, 0.29) is 5.41 Å². The molecule has 15 heavy (non-hydrogen) atoms. The Morgan fingerprint density at radius 2 is 2.07 bits per heavy atom. The summed E-state index contributed by atoms with van der Waals surface area (Å²) in [6.45, 7) is 9.91. The van der Waals surface area contributed by atoms with Crippen LogP contribution in [-0.4, -0.2) is 12.8 Å². The zero-order chi connectivity index (χ0) is 11.3. The molecule has 1 heterocycles. The maximum absolute atomic E-state index is 4.34. The van der Waals surface area contributed by atoms with Crippen molar-refractivity contribution in [1.82, 2.24) is 0 Å². The number of allylic oxidation sites excluding steroid dienone is 3. The summed E-state index contributed by atoms with van der Waals surface area (Å²) in [5.74, 6) is 0.647. The van der Waals surface area contributed by atoms with E-state index in [9.17, 15) is 0 Å². The fourth-order valence-electron chi connectivity index (χ4n) is 1.69. The van der Waals surface area contributed by atoms with Gasteiger partial charge in [0, 0.05) is 0 Å². The van der Waals surface area contributed by atoms with Crippen molar-refractivity contribution >= 4 is 6.21 Å². The topological polar surface area (TPSA) is 12.4 Å². The van der Waals surface area contributed by atoms with Gasteiger partial charge in [-0.2, -0.15) is 0 Å². The fraction of sp³-hybridized carbons (Fsp3) is 0.643. The van der Waals surface area contributed by atoms with E-state index < -0.39 is 0 Å². The van der Waals surface area contributed by atoms with Crippen LogP contribution in [0.15, 0.2) is 28.8 Å². The third-order valence-electron chi connectivity index (χ3n) is 2.72. The highest BCUT2D eigenvalue weighted by atomic mass is 14.7. The third kappa shape index (κ3) is 4.46. The van der Waals surface area contributed by atoms with Crippen molar-refractivity contribution in [2.24, 2.45) is 16.3 Å². The highest BCUT2D eigenvalue weighted by Gasteiger charge is 2.15. The lowest BCUT2D eigenvalue weighted by atomic mass is 9.83. The van der Waals surface area contributed by atoms with Gasteiger partial charge in [0.05, 0.1) is 6.54 Å². The molecule has 0 fully saturated rings. The second-order valence-corrected chi connectivity index (χ2v) is 5.38. The van der Waals surface area contributed by atoms with Crippen LogP contribution in [0.4, 0.5) is 0 Å². The lowest BCUT2D eigenvalue weighted by molar-refractivity contribution is 0.506. The van der Waals surface area contributed by atoms with E-state index >= 15 is 0 Å². The minimum atomic E-state index is 0.244. The molecule has 0 aromatic heterocycles. The van der Waals surface area contributed by atoms with E-state index in [2.05, 4.69) is 57.1 Å². The van der Waals surface area contributed by atoms with Gasteiger partial charge in [-0.1, -0.05) is 45.9 Å². The maximum atomic E-state index is 4.34. The fourth-order valence-corrected chi connectivity index (χ4v) is 1.69. The van der Waals surface area contributed by atoms with Crippen molar-refractivity contribution in [3.8, 4) is 0 Å². The molecule has 0 saturated heterocycles. The Kier molecular flexibility index (Phi) is 4.31. The number of hydrogen-bond donors (Lipinski definition) is 0. The normalized spacial score (nSPS) is 29.3. The summed E-state index contributed by atoms with van der Waals surface area (Å²) >= 11 is 0. The van der Waals surface area contributed by atoms with Gasteiger partial charge < -0.3 is 0 Å². The van der Waals surface area contributed by atoms with Crippen LogP contribution in [0.3, 0.4) is 0 Å². The van der Waals surface area contributed by atoms with Crippen LogP contribution in [0.1, 0.15) is 40.5 Å². The molecule has 1 nitrogen and oxygen atoms in total. The number of aliphatic imine (C=N–C) groups is 1. The summed E-state index contributed by atoms with van der Waals surface area (Å²) in [5.41, 5.74) is 1.68. The third-order valence-corrected chi connectivity index (χ3v) is 2.72. The summed E-state index contributed by atoms with van der Waals surface area (Å²) in [7, 11) is 0. The van der Waals surface area contributed by atoms with Crippen molar-refractivity contribution in [2.75, 3.05) is 6.54 Å². The lowest BCUT2D eigenvalue weighted by Gasteiger charge is -2.22. The van der Waals surface area contributed by atoms with Gasteiger partial charge in [-0.3, -0.25) is 4.99 Å². The zero-order valence-electron chi connectivity index (χ0n) is 10.5. The minimum Gasteiger partial charge on any atom is -0.293 e. The molecule has 0 aromatic rings. The average Bonchev–Trinajstić information content (AvgIpc) is 2.13. The molecule has 1 aliphatic heterocycles. The van der Waals surface area contributed by atoms with Gasteiger partial charge in [0.25, 0.3) is 0 Å². The Labute approximate surface area is 94.0 Å². The van der Waals surface area contributed by atoms with Crippen molar-refractivity contribution in [3.63, 3.8) is 0 Å². The summed E-state index contributed by atoms with van der Waals surface area (Å²) in [6, 6.07) is 0. The summed E-state index contributed by atoms with van der Waals surface area (Å²) in [6.07, 6.45) is 11.2. The van der Waals surface area contributed by atoms with Crippen LogP contribution in [0.2, 0.25) is 0 Å². The van der Waals surface area contributed by atoms with Crippen LogP contribution < -0.4 is 0 Å². The molecule has 1 aliphatic rings. The summed E-state index contributed by atoms with van der Waals surface area (Å²) < 4.78 is 0. The molecule has 1 heteroatoms. The molecule has 0 amide bonds. The molecule has 1 atom stereocenters. The van der Waals surface area contributed by atoms with Gasteiger partial charge in [0.1, 0.15) is 0 Å². The molecule has 0 N–H and O–H groups in total. The Balaban J connectivity index is 2.88. The molecule has 0 spiro atoms. The smallest absolute Gasteiger partial charge is 0.0569 e. The van der Waals surface area contributed by atoms with Crippen LogP contribution >= 0.6 is 0 Å². The van der Waals surface area contributed by atoms with E-state index in [4.69, 9.17) is 0 Å². The number of rotatable bonds is 0. The van der Waals surface area contributed by atoms with Gasteiger partial charge in [-0.15, -0.1) is 0 Å². The average molecular weight is 205 g/mol. The first-order valence-electron chi connectivity index (χ1n) is 5.87. The zero-order valence-corrected chi connectivity index (χ0v) is 10.5. The lowest BCUT2D eigenvalue weighted by Crippen LogP contribution is -2.09. The van der Waals surface area contributed by atoms with E-state index in [1.165, 1.54) is 12.0 Å². The van der Waals surface area contributed by atoms with Gasteiger partial charge in [0.2, 0.25) is 0 Å². The Bertz CT molecular complexity index is 276. The Hall–Kier alpha value is -0.850. The van der Waals surface area contributed by atoms with Crippen molar-refractivity contribution in [1.29, 1.82) is 0 Å². The molecule has 84 valence electrons. The first kappa shape index (κ1) is 12.2. The van der Waals surface area contributed by atoms with Crippen LogP contribution in [0.25, 0.3) is 0 Å². The van der Waals surface area contributed by atoms with E-state index in [0.717, 1.165) is 13.0 Å². The monoisotopic (exact) mass is 205 g/mol. The molecule has 0 bridgehead atoms. The first-order valence-corrected chi connectivity index (χ1v) is 5.87. The molecule has 0 radical (unpaired) electrons. The van der Waals surface area contributed by atoms with E-state index in [1.807, 2.05) is 0 Å². The van der Waals surface area contributed by atoms with Gasteiger partial charge in [-0.25, -0.2) is 0 Å². The van der Waals surface area contributed by atoms with Gasteiger partial charge >= 0.3 is 0 Å². The second-order valence-electron chi connectivity index (χ2n) is 5.38. The maximum Gasteiger partial charge on any atom is 0.0569 e. The largest absolute Gasteiger partial charge is 0.293 e. The van der Waals surface area contributed by atoms with Crippen LogP contribution in [-0.2, 0) is 0 Å². The van der Waals surface area contributed by atoms with E-state index in [1.54, 1.807) is 0 Å². The Morgan fingerprint density at radius 3 is 2.73 bits per heavy atom. The summed E-state index contributed by atoms with van der Waals surface area (Å²) in [4.78, 5) is 4.34. The summed E-state index contributed by atoms with van der Waals surface area (Å²) in [5, 5.41) is 0.